The van der Waals surface area contributed by atoms with Gasteiger partial charge in [-0.25, -0.2) is 15.0 Å². The van der Waals surface area contributed by atoms with Crippen molar-refractivity contribution in [3.63, 3.8) is 0 Å². The lowest BCUT2D eigenvalue weighted by atomic mass is 10.2. The third-order valence-corrected chi connectivity index (χ3v) is 3.46. The van der Waals surface area contributed by atoms with Crippen molar-refractivity contribution in [2.45, 2.75) is 6.54 Å². The zero-order valence-corrected chi connectivity index (χ0v) is 13.2. The molecule has 128 valence electrons. The zero-order valence-electron chi connectivity index (χ0n) is 13.2. The van der Waals surface area contributed by atoms with E-state index in [1.54, 1.807) is 42.7 Å². The fraction of sp³-hybridized carbons (Fsp3) is 0.0625. The second kappa shape index (κ2) is 6.51. The maximum atomic E-state index is 12.2. The first-order valence-electron chi connectivity index (χ1n) is 7.58. The normalized spacial score (nSPS) is 10.8. The molecular weight excluding hydrogens is 338 g/mol. The van der Waals surface area contributed by atoms with Crippen molar-refractivity contribution in [1.82, 2.24) is 35.4 Å². The molecule has 4 rings (SSSR count). The van der Waals surface area contributed by atoms with Crippen LogP contribution in [0.4, 0.5) is 0 Å². The quantitative estimate of drug-likeness (QED) is 0.548. The number of carbonyl (C=O) groups is 1. The molecule has 0 atom stereocenters. The molecule has 0 fully saturated rings. The molecule has 3 aromatic heterocycles. The molecule has 0 aliphatic rings. The molecule has 0 aliphatic heterocycles. The smallest absolute Gasteiger partial charge is 0.287 e. The molecule has 3 heterocycles. The molecule has 0 saturated carbocycles. The number of para-hydroxylation sites is 1. The van der Waals surface area contributed by atoms with Gasteiger partial charge in [-0.1, -0.05) is 17.3 Å². The van der Waals surface area contributed by atoms with Crippen LogP contribution in [0.1, 0.15) is 16.5 Å². The largest absolute Gasteiger partial charge is 0.340 e. The second-order valence-electron chi connectivity index (χ2n) is 5.20. The Bertz CT molecular complexity index is 1140. The Morgan fingerprint density at radius 2 is 1.88 bits per heavy atom. The Morgan fingerprint density at radius 3 is 2.73 bits per heavy atom. The molecule has 10 heteroatoms. The van der Waals surface area contributed by atoms with Crippen LogP contribution >= 0.6 is 0 Å². The Hall–Kier alpha value is -3.95. The zero-order chi connectivity index (χ0) is 17.9. The SMILES string of the molecule is O=C(NCc1nc(-c2ncccn2)no1)c1nc2ccccc2c(=O)[nH]1. The van der Waals surface area contributed by atoms with Gasteiger partial charge >= 0.3 is 0 Å². The van der Waals surface area contributed by atoms with Gasteiger partial charge in [0.1, 0.15) is 0 Å². The van der Waals surface area contributed by atoms with E-state index in [-0.39, 0.29) is 29.6 Å². The number of amides is 1. The van der Waals surface area contributed by atoms with E-state index in [1.807, 2.05) is 0 Å². The van der Waals surface area contributed by atoms with E-state index >= 15 is 0 Å². The molecule has 0 saturated heterocycles. The van der Waals surface area contributed by atoms with Gasteiger partial charge in [0.15, 0.2) is 5.82 Å². The molecule has 0 spiro atoms. The van der Waals surface area contributed by atoms with Gasteiger partial charge in [-0.05, 0) is 18.2 Å². The topological polar surface area (TPSA) is 140 Å². The maximum absolute atomic E-state index is 12.2. The molecule has 26 heavy (non-hydrogen) atoms. The molecule has 4 aromatic rings. The molecule has 0 unspecified atom stereocenters. The number of carbonyl (C=O) groups excluding carboxylic acids is 1. The summed E-state index contributed by atoms with van der Waals surface area (Å²) in [4.78, 5) is 43.0. The van der Waals surface area contributed by atoms with Crippen LogP contribution in [0.25, 0.3) is 22.6 Å². The van der Waals surface area contributed by atoms with Gasteiger partial charge in [0.25, 0.3) is 11.5 Å². The van der Waals surface area contributed by atoms with Gasteiger partial charge in [0, 0.05) is 12.4 Å². The number of H-pyrrole nitrogens is 1. The lowest BCUT2D eigenvalue weighted by molar-refractivity contribution is 0.0936. The van der Waals surface area contributed by atoms with Crippen LogP contribution in [0.3, 0.4) is 0 Å². The summed E-state index contributed by atoms with van der Waals surface area (Å²) < 4.78 is 5.05. The van der Waals surface area contributed by atoms with Crippen molar-refractivity contribution in [2.75, 3.05) is 0 Å². The van der Waals surface area contributed by atoms with Crippen LogP contribution in [0.15, 0.2) is 52.0 Å². The lowest BCUT2D eigenvalue weighted by Crippen LogP contribution is -2.27. The first-order valence-corrected chi connectivity index (χ1v) is 7.58. The Morgan fingerprint density at radius 1 is 1.08 bits per heavy atom. The minimum atomic E-state index is -0.566. The van der Waals surface area contributed by atoms with E-state index in [1.165, 1.54) is 0 Å². The van der Waals surface area contributed by atoms with Gasteiger partial charge in [0.2, 0.25) is 17.5 Å². The lowest BCUT2D eigenvalue weighted by Gasteiger charge is -2.03. The molecule has 1 amide bonds. The second-order valence-corrected chi connectivity index (χ2v) is 5.20. The highest BCUT2D eigenvalue weighted by Gasteiger charge is 2.14. The third-order valence-electron chi connectivity index (χ3n) is 3.46. The first kappa shape index (κ1) is 15.6. The summed E-state index contributed by atoms with van der Waals surface area (Å²) in [5.41, 5.74) is 0.0461. The Labute approximate surface area is 145 Å². The van der Waals surface area contributed by atoms with E-state index < -0.39 is 5.91 Å². The van der Waals surface area contributed by atoms with Crippen LogP contribution < -0.4 is 10.9 Å². The van der Waals surface area contributed by atoms with E-state index in [0.717, 1.165) is 0 Å². The van der Waals surface area contributed by atoms with Gasteiger partial charge in [-0.3, -0.25) is 9.59 Å². The van der Waals surface area contributed by atoms with Crippen LogP contribution in [-0.2, 0) is 6.54 Å². The average molecular weight is 349 g/mol. The highest BCUT2D eigenvalue weighted by atomic mass is 16.5. The molecule has 10 nitrogen and oxygen atoms in total. The first-order chi connectivity index (χ1) is 12.7. The predicted octanol–water partition coefficient (Wildman–Crippen LogP) is 0.693. The van der Waals surface area contributed by atoms with Gasteiger partial charge in [-0.2, -0.15) is 4.98 Å². The van der Waals surface area contributed by atoms with Gasteiger partial charge in [-0.15, -0.1) is 0 Å². The average Bonchev–Trinajstić information content (AvgIpc) is 3.16. The number of fused-ring (bicyclic) bond motifs is 1. The predicted molar refractivity (Wildman–Crippen MR) is 88.9 cm³/mol. The number of aromatic nitrogens is 6. The van der Waals surface area contributed by atoms with E-state index in [2.05, 4.69) is 35.4 Å². The summed E-state index contributed by atoms with van der Waals surface area (Å²) >= 11 is 0. The Balaban J connectivity index is 1.49. The summed E-state index contributed by atoms with van der Waals surface area (Å²) in [5.74, 6) is 0.0359. The highest BCUT2D eigenvalue weighted by molar-refractivity contribution is 5.92. The van der Waals surface area contributed by atoms with Crippen LogP contribution in [0.5, 0.6) is 0 Å². The summed E-state index contributed by atoms with van der Waals surface area (Å²) in [6.45, 7) is -0.0325. The summed E-state index contributed by atoms with van der Waals surface area (Å²) in [6, 6.07) is 8.42. The summed E-state index contributed by atoms with van der Waals surface area (Å²) in [6.07, 6.45) is 3.11. The van der Waals surface area contributed by atoms with Crippen LogP contribution in [0.2, 0.25) is 0 Å². The fourth-order valence-electron chi connectivity index (χ4n) is 2.27. The van der Waals surface area contributed by atoms with Gasteiger partial charge in [0.05, 0.1) is 17.4 Å². The van der Waals surface area contributed by atoms with Gasteiger partial charge < -0.3 is 14.8 Å². The minimum absolute atomic E-state index is 0.0325. The summed E-state index contributed by atoms with van der Waals surface area (Å²) in [5, 5.41) is 6.73. The fourth-order valence-corrected chi connectivity index (χ4v) is 2.27. The molecule has 2 N–H and O–H groups in total. The van der Waals surface area contributed by atoms with Crippen LogP contribution in [-0.4, -0.2) is 36.0 Å². The Kier molecular flexibility index (Phi) is 3.90. The number of hydrogen-bond donors (Lipinski definition) is 2. The van der Waals surface area contributed by atoms with E-state index in [0.29, 0.717) is 16.7 Å². The van der Waals surface area contributed by atoms with E-state index in [4.69, 9.17) is 4.52 Å². The van der Waals surface area contributed by atoms with Crippen molar-refractivity contribution in [3.05, 3.63) is 64.8 Å². The highest BCUT2D eigenvalue weighted by Crippen LogP contribution is 2.09. The van der Waals surface area contributed by atoms with Crippen molar-refractivity contribution in [1.29, 1.82) is 0 Å². The standard InChI is InChI=1S/C16H11N7O3/c24-15-9-4-1-2-5-10(9)20-14(22-15)16(25)19-8-11-21-13(23-26-11)12-17-6-3-7-18-12/h1-7H,8H2,(H,19,25)(H,20,22,24). The number of benzene rings is 1. The minimum Gasteiger partial charge on any atom is -0.340 e. The number of nitrogens with one attached hydrogen (secondary N) is 2. The van der Waals surface area contributed by atoms with Crippen molar-refractivity contribution >= 4 is 16.8 Å². The maximum Gasteiger partial charge on any atom is 0.287 e. The molecule has 1 aromatic carbocycles. The summed E-state index contributed by atoms with van der Waals surface area (Å²) in [7, 11) is 0. The molecule has 0 radical (unpaired) electrons. The molecular formula is C16H11N7O3. The van der Waals surface area contributed by atoms with E-state index in [9.17, 15) is 9.59 Å². The number of aromatic amines is 1. The van der Waals surface area contributed by atoms with Crippen LogP contribution in [0, 0.1) is 0 Å². The van der Waals surface area contributed by atoms with Crippen molar-refractivity contribution in [3.8, 4) is 11.6 Å². The van der Waals surface area contributed by atoms with Crippen molar-refractivity contribution in [2.24, 2.45) is 0 Å². The molecule has 0 aliphatic carbocycles. The number of rotatable bonds is 4. The number of hydrogen-bond acceptors (Lipinski definition) is 8. The number of nitrogens with zero attached hydrogens (tertiary/aromatic N) is 5. The third kappa shape index (κ3) is 3.02. The monoisotopic (exact) mass is 349 g/mol. The van der Waals surface area contributed by atoms with Crippen molar-refractivity contribution < 1.29 is 9.32 Å². The molecule has 0 bridgehead atoms.